The van der Waals surface area contributed by atoms with Gasteiger partial charge >= 0.3 is 0 Å². The lowest BCUT2D eigenvalue weighted by Gasteiger charge is -2.17. The maximum absolute atomic E-state index is 12.1. The van der Waals surface area contributed by atoms with Crippen LogP contribution in [-0.2, 0) is 22.6 Å². The van der Waals surface area contributed by atoms with E-state index in [1.54, 1.807) is 0 Å². The Morgan fingerprint density at radius 3 is 2.95 bits per heavy atom. The number of benzene rings is 1. The highest BCUT2D eigenvalue weighted by Crippen LogP contribution is 2.22. The third-order valence-corrected chi connectivity index (χ3v) is 3.66. The molecule has 0 spiro atoms. The summed E-state index contributed by atoms with van der Waals surface area (Å²) in [6.07, 6.45) is -0.0787. The molecule has 2 aliphatic heterocycles. The largest absolute Gasteiger partial charge is 0.349 e. The highest BCUT2D eigenvalue weighted by molar-refractivity contribution is 5.94. The average Bonchev–Trinajstić information content (AvgIpc) is 3.01. The van der Waals surface area contributed by atoms with Crippen LogP contribution in [0, 0.1) is 0 Å². The van der Waals surface area contributed by atoms with E-state index in [9.17, 15) is 4.79 Å². The predicted molar refractivity (Wildman–Crippen MR) is 74.2 cm³/mol. The smallest absolute Gasteiger partial charge is 0.251 e. The van der Waals surface area contributed by atoms with Crippen molar-refractivity contribution in [2.75, 3.05) is 13.2 Å². The lowest BCUT2D eigenvalue weighted by Crippen LogP contribution is -2.34. The molecule has 1 atom stereocenters. The third-order valence-electron chi connectivity index (χ3n) is 3.66. The fourth-order valence-electron chi connectivity index (χ4n) is 2.61. The Kier molecular flexibility index (Phi) is 3.50. The van der Waals surface area contributed by atoms with Crippen LogP contribution in [0.1, 0.15) is 35.3 Å². The van der Waals surface area contributed by atoms with Crippen LogP contribution in [0.5, 0.6) is 0 Å². The van der Waals surface area contributed by atoms with Crippen molar-refractivity contribution in [2.45, 2.75) is 38.8 Å². The predicted octanol–water partition coefficient (Wildman–Crippen LogP) is 1.17. The summed E-state index contributed by atoms with van der Waals surface area (Å²) in [5.41, 5.74) is 3.18. The number of amides is 1. The first-order valence-corrected chi connectivity index (χ1v) is 6.96. The zero-order valence-electron chi connectivity index (χ0n) is 11.9. The van der Waals surface area contributed by atoms with E-state index in [0.29, 0.717) is 18.7 Å². The Bertz CT molecular complexity index is 528. The minimum atomic E-state index is -0.547. The van der Waals surface area contributed by atoms with Gasteiger partial charge in [-0.3, -0.25) is 4.79 Å². The summed E-state index contributed by atoms with van der Waals surface area (Å²) in [4.78, 5) is 12.1. The maximum atomic E-state index is 12.1. The van der Waals surface area contributed by atoms with E-state index in [0.717, 1.165) is 13.1 Å². The number of carbonyl (C=O) groups excluding carboxylic acids is 1. The van der Waals surface area contributed by atoms with Crippen LogP contribution in [0.15, 0.2) is 18.2 Å². The molecule has 1 unspecified atom stereocenters. The molecule has 20 heavy (non-hydrogen) atoms. The molecule has 5 heteroatoms. The van der Waals surface area contributed by atoms with E-state index in [4.69, 9.17) is 9.47 Å². The van der Waals surface area contributed by atoms with Crippen molar-refractivity contribution in [3.8, 4) is 0 Å². The van der Waals surface area contributed by atoms with Gasteiger partial charge in [-0.05, 0) is 37.1 Å². The van der Waals surface area contributed by atoms with E-state index in [1.807, 2.05) is 32.0 Å². The molecular formula is C15H20N2O3. The van der Waals surface area contributed by atoms with Crippen LogP contribution < -0.4 is 10.6 Å². The van der Waals surface area contributed by atoms with Crippen LogP contribution in [0.4, 0.5) is 0 Å². The molecule has 1 amide bonds. The molecule has 0 saturated carbocycles. The topological polar surface area (TPSA) is 59.6 Å². The van der Waals surface area contributed by atoms with Gasteiger partial charge in [0.1, 0.15) is 6.10 Å². The molecule has 0 bridgehead atoms. The molecule has 3 rings (SSSR count). The molecule has 0 radical (unpaired) electrons. The van der Waals surface area contributed by atoms with Gasteiger partial charge in [0.2, 0.25) is 0 Å². The minimum absolute atomic E-state index is 0.0620. The van der Waals surface area contributed by atoms with E-state index in [2.05, 4.69) is 10.6 Å². The summed E-state index contributed by atoms with van der Waals surface area (Å²) in [5, 5.41) is 6.18. The van der Waals surface area contributed by atoms with Crippen molar-refractivity contribution in [3.63, 3.8) is 0 Å². The number of carbonyl (C=O) groups is 1. The second-order valence-electron chi connectivity index (χ2n) is 5.75. The fourth-order valence-corrected chi connectivity index (χ4v) is 2.61. The maximum Gasteiger partial charge on any atom is 0.251 e. The summed E-state index contributed by atoms with van der Waals surface area (Å²) in [7, 11) is 0. The highest BCUT2D eigenvalue weighted by Gasteiger charge is 2.32. The summed E-state index contributed by atoms with van der Waals surface area (Å²) >= 11 is 0. The van der Waals surface area contributed by atoms with Crippen molar-refractivity contribution < 1.29 is 14.3 Å². The summed E-state index contributed by atoms with van der Waals surface area (Å²) in [6.45, 7) is 6.47. The zero-order valence-corrected chi connectivity index (χ0v) is 11.9. The van der Waals surface area contributed by atoms with Gasteiger partial charge in [-0.15, -0.1) is 0 Å². The summed E-state index contributed by atoms with van der Waals surface area (Å²) < 4.78 is 11.1. The molecule has 108 valence electrons. The quantitative estimate of drug-likeness (QED) is 0.870. The Balaban J connectivity index is 1.57. The van der Waals surface area contributed by atoms with Crippen LogP contribution in [0.2, 0.25) is 0 Å². The highest BCUT2D eigenvalue weighted by atomic mass is 16.7. The normalized spacial score (nSPS) is 23.6. The Hall–Kier alpha value is -1.43. The van der Waals surface area contributed by atoms with E-state index in [1.165, 1.54) is 11.1 Å². The number of hydrogen-bond donors (Lipinski definition) is 2. The first-order chi connectivity index (χ1) is 9.53. The molecule has 0 aliphatic carbocycles. The molecule has 1 fully saturated rings. The number of rotatable bonds is 3. The Morgan fingerprint density at radius 1 is 1.40 bits per heavy atom. The lowest BCUT2D eigenvalue weighted by molar-refractivity contribution is -0.137. The minimum Gasteiger partial charge on any atom is -0.349 e. The summed E-state index contributed by atoms with van der Waals surface area (Å²) in [6, 6.07) is 5.85. The van der Waals surface area contributed by atoms with Crippen LogP contribution in [-0.4, -0.2) is 30.9 Å². The van der Waals surface area contributed by atoms with Crippen LogP contribution in [0.25, 0.3) is 0 Å². The summed E-state index contributed by atoms with van der Waals surface area (Å²) in [5.74, 6) is -0.609. The standard InChI is InChI=1S/C15H20N2O3/c1-15(2)19-9-13(20-15)8-17-14(18)10-3-4-11-6-16-7-12(11)5-10/h3-5,13,16H,6-9H2,1-2H3,(H,17,18). The van der Waals surface area contributed by atoms with E-state index < -0.39 is 5.79 Å². The second kappa shape index (κ2) is 5.16. The average molecular weight is 276 g/mol. The van der Waals surface area contributed by atoms with Crippen molar-refractivity contribution in [1.82, 2.24) is 10.6 Å². The molecular weight excluding hydrogens is 256 g/mol. The van der Waals surface area contributed by atoms with Crippen molar-refractivity contribution in [2.24, 2.45) is 0 Å². The molecule has 2 heterocycles. The number of nitrogens with one attached hydrogen (secondary N) is 2. The molecule has 1 saturated heterocycles. The van der Waals surface area contributed by atoms with Gasteiger partial charge in [0.15, 0.2) is 5.79 Å². The number of fused-ring (bicyclic) bond motifs is 1. The van der Waals surface area contributed by atoms with E-state index >= 15 is 0 Å². The molecule has 1 aromatic rings. The molecule has 5 nitrogen and oxygen atoms in total. The van der Waals surface area contributed by atoms with Gasteiger partial charge in [-0.1, -0.05) is 6.07 Å². The number of hydrogen-bond acceptors (Lipinski definition) is 4. The first kappa shape index (κ1) is 13.5. The van der Waals surface area contributed by atoms with Crippen molar-refractivity contribution in [3.05, 3.63) is 34.9 Å². The first-order valence-electron chi connectivity index (χ1n) is 6.96. The fraction of sp³-hybridized carbons (Fsp3) is 0.533. The molecule has 1 aromatic carbocycles. The van der Waals surface area contributed by atoms with Gasteiger partial charge in [-0.2, -0.15) is 0 Å². The molecule has 0 aromatic heterocycles. The molecule has 2 N–H and O–H groups in total. The van der Waals surface area contributed by atoms with Gasteiger partial charge in [0.05, 0.1) is 6.61 Å². The third kappa shape index (κ3) is 2.85. The Morgan fingerprint density at radius 2 is 2.20 bits per heavy atom. The SMILES string of the molecule is CC1(C)OCC(CNC(=O)c2ccc3c(c2)CNC3)O1. The van der Waals surface area contributed by atoms with Crippen LogP contribution in [0.3, 0.4) is 0 Å². The van der Waals surface area contributed by atoms with Gasteiger partial charge in [0.25, 0.3) is 5.91 Å². The lowest BCUT2D eigenvalue weighted by atomic mass is 10.1. The Labute approximate surface area is 118 Å². The van der Waals surface area contributed by atoms with Crippen molar-refractivity contribution >= 4 is 5.91 Å². The monoisotopic (exact) mass is 276 g/mol. The molecule has 2 aliphatic rings. The second-order valence-corrected chi connectivity index (χ2v) is 5.75. The zero-order chi connectivity index (χ0) is 14.2. The van der Waals surface area contributed by atoms with Crippen LogP contribution >= 0.6 is 0 Å². The number of ether oxygens (including phenoxy) is 2. The van der Waals surface area contributed by atoms with Crippen molar-refractivity contribution in [1.29, 1.82) is 0 Å². The van der Waals surface area contributed by atoms with Gasteiger partial charge in [-0.25, -0.2) is 0 Å². The van der Waals surface area contributed by atoms with Gasteiger partial charge in [0, 0.05) is 25.2 Å². The van der Waals surface area contributed by atoms with E-state index in [-0.39, 0.29) is 12.0 Å². The van der Waals surface area contributed by atoms with Gasteiger partial charge < -0.3 is 20.1 Å².